The summed E-state index contributed by atoms with van der Waals surface area (Å²) in [6.07, 6.45) is 4.34. The van der Waals surface area contributed by atoms with Gasteiger partial charge < -0.3 is 10.8 Å². The van der Waals surface area contributed by atoms with Crippen LogP contribution in [0.25, 0.3) is 0 Å². The van der Waals surface area contributed by atoms with E-state index >= 15 is 0 Å². The van der Waals surface area contributed by atoms with Crippen LogP contribution < -0.4 is 10.7 Å². The van der Waals surface area contributed by atoms with Gasteiger partial charge in [0.1, 0.15) is 12.9 Å². The zero-order valence-corrected chi connectivity index (χ0v) is 6.71. The zero-order chi connectivity index (χ0) is 9.84. The number of nitrogens with two attached hydrogens (primary N) is 1. The van der Waals surface area contributed by atoms with Crippen molar-refractivity contribution in [3.05, 3.63) is 18.7 Å². The van der Waals surface area contributed by atoms with E-state index in [9.17, 15) is 4.79 Å². The quantitative estimate of drug-likeness (QED) is 0.403. The van der Waals surface area contributed by atoms with Gasteiger partial charge in [-0.1, -0.05) is 0 Å². The van der Waals surface area contributed by atoms with Gasteiger partial charge >= 0.3 is 5.97 Å². The fourth-order valence-electron chi connectivity index (χ4n) is 0.814. The predicted molar refractivity (Wildman–Crippen MR) is 44.9 cm³/mol. The summed E-state index contributed by atoms with van der Waals surface area (Å²) in [6.45, 7) is -0.369. The number of carbonyl (C=O) groups is 1. The van der Waals surface area contributed by atoms with Crippen LogP contribution >= 0.6 is 0 Å². The maximum absolute atomic E-state index is 10.4. The van der Waals surface area contributed by atoms with Crippen molar-refractivity contribution in [2.75, 3.05) is 11.6 Å². The van der Waals surface area contributed by atoms with Crippen LogP contribution in [0.5, 0.6) is 0 Å². The second kappa shape index (κ2) is 3.57. The minimum absolute atomic E-state index is 0.347. The number of nitrogens with zero attached hydrogens (tertiary/aromatic N) is 3. The molecular weight excluding hydrogens is 174 g/mol. The molecule has 0 aliphatic heterocycles. The molecule has 0 unspecified atom stereocenters. The summed E-state index contributed by atoms with van der Waals surface area (Å²) in [5, 5.41) is 16.7. The lowest BCUT2D eigenvalue weighted by Gasteiger charge is -2.20. The third-order valence-electron chi connectivity index (χ3n) is 1.33. The summed E-state index contributed by atoms with van der Waals surface area (Å²) in [4.78, 5) is 14.1. The summed E-state index contributed by atoms with van der Waals surface area (Å²) in [5.41, 5.74) is 5.17. The van der Waals surface area contributed by atoms with Gasteiger partial charge in [0.2, 0.25) is 5.96 Å². The molecule has 0 spiro atoms. The van der Waals surface area contributed by atoms with Gasteiger partial charge in [0.25, 0.3) is 0 Å². The highest BCUT2D eigenvalue weighted by molar-refractivity contribution is 5.89. The van der Waals surface area contributed by atoms with Crippen molar-refractivity contribution in [2.45, 2.75) is 0 Å². The van der Waals surface area contributed by atoms with Crippen LogP contribution in [-0.4, -0.2) is 33.2 Å². The molecule has 0 aliphatic carbocycles. The molecule has 0 fully saturated rings. The Labute approximate surface area is 73.9 Å². The van der Waals surface area contributed by atoms with Crippen LogP contribution in [0.1, 0.15) is 0 Å². The molecule has 0 radical (unpaired) electrons. The van der Waals surface area contributed by atoms with Crippen molar-refractivity contribution in [1.29, 1.82) is 5.41 Å². The molecule has 4 N–H and O–H groups in total. The Morgan fingerprint density at radius 3 is 2.85 bits per heavy atom. The molecular formula is C6H9N5O2. The molecule has 0 saturated carbocycles. The molecule has 1 rings (SSSR count). The molecule has 0 aliphatic rings. The highest BCUT2D eigenvalue weighted by atomic mass is 16.4. The molecule has 0 saturated heterocycles. The highest BCUT2D eigenvalue weighted by Crippen LogP contribution is 1.89. The number of nitrogens with one attached hydrogen (secondary N) is 1. The molecule has 7 nitrogen and oxygen atoms in total. The first-order valence-corrected chi connectivity index (χ1v) is 3.43. The summed E-state index contributed by atoms with van der Waals surface area (Å²) in [5.74, 6) is -1.41. The SMILES string of the molecule is N=C(N)N(CC(=O)O)n1ccnc1. The standard InChI is InChI=1S/C6H9N5O2/c7-6(8)11(3-5(12)13)10-2-1-9-4-10/h1-2,4H,3H2,(H3,7,8)(H,12,13). The maximum atomic E-state index is 10.4. The van der Waals surface area contributed by atoms with Crippen molar-refractivity contribution in [2.24, 2.45) is 5.73 Å². The van der Waals surface area contributed by atoms with E-state index in [0.717, 1.165) is 5.01 Å². The monoisotopic (exact) mass is 183 g/mol. The number of rotatable bonds is 3. The fourth-order valence-corrected chi connectivity index (χ4v) is 0.814. The average molecular weight is 183 g/mol. The van der Waals surface area contributed by atoms with Crippen molar-refractivity contribution >= 4 is 11.9 Å². The van der Waals surface area contributed by atoms with Gasteiger partial charge in [-0.15, -0.1) is 0 Å². The van der Waals surface area contributed by atoms with Crippen LogP contribution in [0, 0.1) is 5.41 Å². The number of guanidine groups is 1. The first kappa shape index (κ1) is 9.04. The van der Waals surface area contributed by atoms with E-state index in [-0.39, 0.29) is 12.5 Å². The van der Waals surface area contributed by atoms with E-state index < -0.39 is 5.97 Å². The van der Waals surface area contributed by atoms with Crippen LogP contribution in [0.15, 0.2) is 18.7 Å². The van der Waals surface area contributed by atoms with Gasteiger partial charge in [-0.3, -0.25) is 10.2 Å². The number of carboxylic acids is 1. The Bertz CT molecular complexity index is 307. The Morgan fingerprint density at radius 1 is 1.77 bits per heavy atom. The lowest BCUT2D eigenvalue weighted by molar-refractivity contribution is -0.135. The third kappa shape index (κ3) is 2.19. The van der Waals surface area contributed by atoms with E-state index in [4.69, 9.17) is 16.2 Å². The number of imidazole rings is 1. The third-order valence-corrected chi connectivity index (χ3v) is 1.33. The van der Waals surface area contributed by atoms with Crippen LogP contribution in [0.3, 0.4) is 0 Å². The van der Waals surface area contributed by atoms with Gasteiger partial charge in [-0.05, 0) is 0 Å². The topological polar surface area (TPSA) is 108 Å². The second-order valence-corrected chi connectivity index (χ2v) is 2.28. The van der Waals surface area contributed by atoms with Crippen molar-refractivity contribution < 1.29 is 9.90 Å². The van der Waals surface area contributed by atoms with Gasteiger partial charge in [-0.2, -0.15) is 0 Å². The maximum Gasteiger partial charge on any atom is 0.325 e. The minimum Gasteiger partial charge on any atom is -0.480 e. The van der Waals surface area contributed by atoms with Crippen LogP contribution in [0.4, 0.5) is 0 Å². The van der Waals surface area contributed by atoms with Gasteiger partial charge in [0.15, 0.2) is 0 Å². The molecule has 13 heavy (non-hydrogen) atoms. The molecule has 1 aromatic rings. The normalized spacial score (nSPS) is 9.54. The summed E-state index contributed by atoms with van der Waals surface area (Å²) in [7, 11) is 0. The van der Waals surface area contributed by atoms with Crippen LogP contribution in [0.2, 0.25) is 0 Å². The van der Waals surface area contributed by atoms with Crippen molar-refractivity contribution in [1.82, 2.24) is 9.66 Å². The molecule has 7 heteroatoms. The molecule has 0 amide bonds. The number of carboxylic acid groups (broad SMARTS) is 1. The number of aliphatic carboxylic acids is 1. The van der Waals surface area contributed by atoms with Gasteiger partial charge in [0, 0.05) is 12.4 Å². The fraction of sp³-hybridized carbons (Fsp3) is 0.167. The summed E-state index contributed by atoms with van der Waals surface area (Å²) in [6, 6.07) is 0. The first-order chi connectivity index (χ1) is 6.11. The highest BCUT2D eigenvalue weighted by Gasteiger charge is 2.11. The molecule has 0 aromatic carbocycles. The number of hydrogen-bond donors (Lipinski definition) is 3. The largest absolute Gasteiger partial charge is 0.480 e. The van der Waals surface area contributed by atoms with E-state index in [1.807, 2.05) is 0 Å². The average Bonchev–Trinajstić information content (AvgIpc) is 2.50. The minimum atomic E-state index is -1.07. The zero-order valence-electron chi connectivity index (χ0n) is 6.71. The smallest absolute Gasteiger partial charge is 0.325 e. The molecule has 0 atom stereocenters. The van der Waals surface area contributed by atoms with Crippen LogP contribution in [-0.2, 0) is 4.79 Å². The lowest BCUT2D eigenvalue weighted by atomic mass is 10.6. The number of aromatic nitrogens is 2. The van der Waals surface area contributed by atoms with Gasteiger partial charge in [-0.25, -0.2) is 14.7 Å². The number of hydrogen-bond acceptors (Lipinski definition) is 3. The van der Waals surface area contributed by atoms with Gasteiger partial charge in [0.05, 0.1) is 0 Å². The molecule has 0 bridgehead atoms. The van der Waals surface area contributed by atoms with E-state index in [1.54, 1.807) is 0 Å². The molecule has 70 valence electrons. The first-order valence-electron chi connectivity index (χ1n) is 3.43. The van der Waals surface area contributed by atoms with E-state index in [2.05, 4.69) is 4.98 Å². The Morgan fingerprint density at radius 2 is 2.46 bits per heavy atom. The summed E-state index contributed by atoms with van der Waals surface area (Å²) >= 11 is 0. The molecule has 1 aromatic heterocycles. The Kier molecular flexibility index (Phi) is 2.48. The van der Waals surface area contributed by atoms with E-state index in [1.165, 1.54) is 23.4 Å². The Hall–Kier alpha value is -2.05. The summed E-state index contributed by atoms with van der Waals surface area (Å²) < 4.78 is 1.33. The van der Waals surface area contributed by atoms with E-state index in [0.29, 0.717) is 0 Å². The van der Waals surface area contributed by atoms with Crippen molar-refractivity contribution in [3.8, 4) is 0 Å². The van der Waals surface area contributed by atoms with Crippen molar-refractivity contribution in [3.63, 3.8) is 0 Å². The lowest BCUT2D eigenvalue weighted by Crippen LogP contribution is -2.47. The Balaban J connectivity index is 2.81. The molecule has 1 heterocycles. The second-order valence-electron chi connectivity index (χ2n) is 2.28. The predicted octanol–water partition coefficient (Wildman–Crippen LogP) is -1.20.